The van der Waals surface area contributed by atoms with Crippen molar-refractivity contribution in [1.82, 2.24) is 20.4 Å². The minimum absolute atomic E-state index is 0.00349. The van der Waals surface area contributed by atoms with Crippen molar-refractivity contribution in [2.24, 2.45) is 0 Å². The van der Waals surface area contributed by atoms with Crippen LogP contribution in [-0.2, 0) is 4.79 Å². The molecule has 32 heavy (non-hydrogen) atoms. The van der Waals surface area contributed by atoms with Gasteiger partial charge in [0.2, 0.25) is 5.91 Å². The molecule has 0 aliphatic carbocycles. The minimum atomic E-state index is -0.908. The van der Waals surface area contributed by atoms with Crippen LogP contribution >= 0.6 is 0 Å². The number of halogens is 2. The molecule has 5 rings (SSSR count). The van der Waals surface area contributed by atoms with E-state index >= 15 is 0 Å². The third kappa shape index (κ3) is 3.66. The number of H-pyrrole nitrogens is 1. The zero-order valence-corrected chi connectivity index (χ0v) is 17.3. The molecule has 0 radical (unpaired) electrons. The molecule has 2 N–H and O–H groups in total. The van der Waals surface area contributed by atoms with Gasteiger partial charge in [0.05, 0.1) is 18.7 Å². The largest absolute Gasteiger partial charge is 0.345 e. The molecule has 6 nitrogen and oxygen atoms in total. The van der Waals surface area contributed by atoms with E-state index in [-0.39, 0.29) is 30.2 Å². The van der Waals surface area contributed by atoms with Gasteiger partial charge < -0.3 is 10.2 Å². The number of hydrogen-bond acceptors (Lipinski definition) is 3. The van der Waals surface area contributed by atoms with Crippen LogP contribution in [0.3, 0.4) is 0 Å². The Morgan fingerprint density at radius 1 is 1.12 bits per heavy atom. The Morgan fingerprint density at radius 3 is 2.81 bits per heavy atom. The molecular weight excluding hydrogens is 414 g/mol. The molecule has 3 heterocycles. The minimum Gasteiger partial charge on any atom is -0.345 e. The highest BCUT2D eigenvalue weighted by Crippen LogP contribution is 2.34. The maximum absolute atomic E-state index is 13.8. The van der Waals surface area contributed by atoms with Crippen molar-refractivity contribution < 1.29 is 18.4 Å². The quantitative estimate of drug-likeness (QED) is 0.651. The van der Waals surface area contributed by atoms with E-state index in [2.05, 4.69) is 15.5 Å². The average Bonchev–Trinajstić information content (AvgIpc) is 3.41. The SMILES string of the molecule is O=C1N[C@@H](CC(=O)N2CCC[C@@H](c3[nH]ncc3-c3ccc(F)c(F)c3)C2)c2ccccc21. The Balaban J connectivity index is 1.32. The molecule has 1 aromatic heterocycles. The molecule has 2 aliphatic rings. The first-order valence-corrected chi connectivity index (χ1v) is 10.7. The van der Waals surface area contributed by atoms with Crippen molar-refractivity contribution in [1.29, 1.82) is 0 Å². The lowest BCUT2D eigenvalue weighted by atomic mass is 9.90. The van der Waals surface area contributed by atoms with Gasteiger partial charge in [-0.15, -0.1) is 0 Å². The van der Waals surface area contributed by atoms with Gasteiger partial charge in [-0.1, -0.05) is 24.3 Å². The highest BCUT2D eigenvalue weighted by molar-refractivity contribution is 5.99. The summed E-state index contributed by atoms with van der Waals surface area (Å²) in [5.41, 5.74) is 3.54. The highest BCUT2D eigenvalue weighted by Gasteiger charge is 2.33. The number of piperidine rings is 1. The number of aromatic nitrogens is 2. The first-order chi connectivity index (χ1) is 15.5. The summed E-state index contributed by atoms with van der Waals surface area (Å²) in [6.45, 7) is 1.15. The van der Waals surface area contributed by atoms with E-state index in [1.165, 1.54) is 6.07 Å². The van der Waals surface area contributed by atoms with Crippen LogP contribution in [0.15, 0.2) is 48.7 Å². The number of nitrogens with zero attached hydrogens (tertiary/aromatic N) is 2. The fraction of sp³-hybridized carbons (Fsp3) is 0.292. The molecule has 2 atom stereocenters. The Labute approximate surface area is 183 Å². The molecule has 0 saturated carbocycles. The second-order valence-electron chi connectivity index (χ2n) is 8.32. The summed E-state index contributed by atoms with van der Waals surface area (Å²) in [4.78, 5) is 27.1. The number of amides is 2. The highest BCUT2D eigenvalue weighted by atomic mass is 19.2. The molecule has 1 fully saturated rings. The Bertz CT molecular complexity index is 1190. The molecule has 0 spiro atoms. The van der Waals surface area contributed by atoms with E-state index in [0.717, 1.165) is 36.2 Å². The Morgan fingerprint density at radius 2 is 1.97 bits per heavy atom. The fourth-order valence-corrected chi connectivity index (χ4v) is 4.73. The Hall–Kier alpha value is -3.55. The smallest absolute Gasteiger partial charge is 0.252 e. The first-order valence-electron chi connectivity index (χ1n) is 10.7. The van der Waals surface area contributed by atoms with E-state index in [1.807, 2.05) is 23.1 Å². The van der Waals surface area contributed by atoms with Crippen LogP contribution in [0.25, 0.3) is 11.1 Å². The van der Waals surface area contributed by atoms with Crippen LogP contribution in [0.1, 0.15) is 52.8 Å². The molecule has 3 aromatic rings. The average molecular weight is 436 g/mol. The van der Waals surface area contributed by atoms with Crippen molar-refractivity contribution in [2.75, 3.05) is 13.1 Å². The number of carbonyl (C=O) groups is 2. The molecule has 2 aromatic carbocycles. The number of aromatic amines is 1. The van der Waals surface area contributed by atoms with Crippen molar-refractivity contribution in [3.05, 3.63) is 77.1 Å². The second kappa shape index (κ2) is 8.18. The van der Waals surface area contributed by atoms with Crippen molar-refractivity contribution in [3.63, 3.8) is 0 Å². The number of hydrogen-bond donors (Lipinski definition) is 2. The van der Waals surface area contributed by atoms with Crippen LogP contribution in [0, 0.1) is 11.6 Å². The summed E-state index contributed by atoms with van der Waals surface area (Å²) in [6, 6.07) is 10.8. The topological polar surface area (TPSA) is 78.1 Å². The van der Waals surface area contributed by atoms with Gasteiger partial charge in [-0.25, -0.2) is 8.78 Å². The maximum Gasteiger partial charge on any atom is 0.252 e. The summed E-state index contributed by atoms with van der Waals surface area (Å²) in [5, 5.41) is 10.0. The van der Waals surface area contributed by atoms with Gasteiger partial charge in [0.15, 0.2) is 11.6 Å². The first kappa shape index (κ1) is 20.4. The predicted molar refractivity (Wildman–Crippen MR) is 114 cm³/mol. The van der Waals surface area contributed by atoms with Gasteiger partial charge in [0.25, 0.3) is 5.91 Å². The summed E-state index contributed by atoms with van der Waals surface area (Å²) >= 11 is 0. The predicted octanol–water partition coefficient (Wildman–Crippen LogP) is 3.94. The van der Waals surface area contributed by atoms with Crippen LogP contribution in [0.5, 0.6) is 0 Å². The van der Waals surface area contributed by atoms with E-state index in [4.69, 9.17) is 0 Å². The lowest BCUT2D eigenvalue weighted by Gasteiger charge is -2.33. The van der Waals surface area contributed by atoms with Crippen molar-refractivity contribution in [3.8, 4) is 11.1 Å². The number of benzene rings is 2. The van der Waals surface area contributed by atoms with E-state index < -0.39 is 11.6 Å². The monoisotopic (exact) mass is 436 g/mol. The molecule has 8 heteroatoms. The van der Waals surface area contributed by atoms with Gasteiger partial charge in [0.1, 0.15) is 0 Å². The van der Waals surface area contributed by atoms with Crippen LogP contribution in [-0.4, -0.2) is 40.0 Å². The van der Waals surface area contributed by atoms with Crippen LogP contribution < -0.4 is 5.32 Å². The molecule has 0 bridgehead atoms. The van der Waals surface area contributed by atoms with Crippen LogP contribution in [0.4, 0.5) is 8.78 Å². The van der Waals surface area contributed by atoms with Crippen molar-refractivity contribution >= 4 is 11.8 Å². The number of nitrogens with one attached hydrogen (secondary N) is 2. The van der Waals surface area contributed by atoms with Gasteiger partial charge in [-0.3, -0.25) is 14.7 Å². The van der Waals surface area contributed by atoms with E-state index in [1.54, 1.807) is 12.3 Å². The zero-order chi connectivity index (χ0) is 22.2. The Kier molecular flexibility index (Phi) is 5.20. The van der Waals surface area contributed by atoms with Gasteiger partial charge in [0, 0.05) is 35.8 Å². The summed E-state index contributed by atoms with van der Waals surface area (Å²) < 4.78 is 27.1. The maximum atomic E-state index is 13.8. The lowest BCUT2D eigenvalue weighted by Crippen LogP contribution is -2.40. The molecule has 1 saturated heterocycles. The summed E-state index contributed by atoms with van der Waals surface area (Å²) in [6.07, 6.45) is 3.48. The van der Waals surface area contributed by atoms with Crippen molar-refractivity contribution in [2.45, 2.75) is 31.2 Å². The summed E-state index contributed by atoms with van der Waals surface area (Å²) in [7, 11) is 0. The number of rotatable bonds is 4. The molecule has 164 valence electrons. The number of fused-ring (bicyclic) bond motifs is 1. The lowest BCUT2D eigenvalue weighted by molar-refractivity contribution is -0.132. The van der Waals surface area contributed by atoms with Gasteiger partial charge >= 0.3 is 0 Å². The molecule has 2 aliphatic heterocycles. The molecule has 0 unspecified atom stereocenters. The zero-order valence-electron chi connectivity index (χ0n) is 17.3. The second-order valence-corrected chi connectivity index (χ2v) is 8.32. The standard InChI is InChI=1S/C24H22F2N4O2/c25-19-8-7-14(10-20(19)26)18-12-27-29-23(18)15-4-3-9-30(13-15)22(31)11-21-16-5-1-2-6-17(16)24(32)28-21/h1-2,5-8,10,12,15,21H,3-4,9,11,13H2,(H,27,29)(H,28,32)/t15-,21+/m1/s1. The number of carbonyl (C=O) groups excluding carboxylic acids is 2. The fourth-order valence-electron chi connectivity index (χ4n) is 4.73. The van der Waals surface area contributed by atoms with E-state index in [9.17, 15) is 18.4 Å². The molecular formula is C24H22F2N4O2. The van der Waals surface area contributed by atoms with E-state index in [0.29, 0.717) is 29.8 Å². The third-order valence-electron chi connectivity index (χ3n) is 6.35. The third-order valence-corrected chi connectivity index (χ3v) is 6.35. The number of likely N-dealkylation sites (tertiary alicyclic amines) is 1. The van der Waals surface area contributed by atoms with Gasteiger partial charge in [-0.05, 0) is 42.2 Å². The van der Waals surface area contributed by atoms with Crippen LogP contribution in [0.2, 0.25) is 0 Å². The summed E-state index contributed by atoms with van der Waals surface area (Å²) in [5.74, 6) is -1.97. The molecule has 2 amide bonds. The van der Waals surface area contributed by atoms with Gasteiger partial charge in [-0.2, -0.15) is 5.10 Å². The normalized spacial score (nSPS) is 20.2.